The summed E-state index contributed by atoms with van der Waals surface area (Å²) < 4.78 is 39.6. The number of nitrogens with one attached hydrogen (secondary N) is 1. The predicted molar refractivity (Wildman–Crippen MR) is 92.3 cm³/mol. The molecule has 0 radical (unpaired) electrons. The van der Waals surface area contributed by atoms with E-state index in [1.54, 1.807) is 0 Å². The molecule has 2 atom stereocenters. The van der Waals surface area contributed by atoms with Gasteiger partial charge in [0, 0.05) is 6.54 Å². The van der Waals surface area contributed by atoms with Crippen molar-refractivity contribution >= 4 is 68.1 Å². The number of hydrogen-bond donors (Lipinski definition) is 1. The van der Waals surface area contributed by atoms with E-state index in [1.165, 1.54) is 4.90 Å². The Morgan fingerprint density at radius 3 is 2.60 bits per heavy atom. The number of anilines is 2. The topological polar surface area (TPSA) is 86.8 Å². The zero-order valence-electron chi connectivity index (χ0n) is 12.4. The van der Waals surface area contributed by atoms with Gasteiger partial charge in [-0.05, 0) is 18.6 Å². The van der Waals surface area contributed by atoms with Crippen molar-refractivity contribution in [1.29, 1.82) is 0 Å². The van der Waals surface area contributed by atoms with Crippen LogP contribution in [0.25, 0.3) is 0 Å². The lowest BCUT2D eigenvalue weighted by molar-refractivity contribution is -0.119. The van der Waals surface area contributed by atoms with Crippen LogP contribution in [0.3, 0.4) is 0 Å². The Balaban J connectivity index is 2.00. The van der Waals surface area contributed by atoms with E-state index in [2.05, 4.69) is 4.72 Å². The van der Waals surface area contributed by atoms with Gasteiger partial charge in [0.15, 0.2) is 0 Å². The van der Waals surface area contributed by atoms with Crippen molar-refractivity contribution < 1.29 is 22.4 Å². The van der Waals surface area contributed by atoms with Crippen LogP contribution in [0.1, 0.15) is 6.42 Å². The molecule has 2 aliphatic rings. The second-order valence-corrected chi connectivity index (χ2v) is 8.90. The molecule has 136 valence electrons. The van der Waals surface area contributed by atoms with E-state index >= 15 is 0 Å². The van der Waals surface area contributed by atoms with Crippen molar-refractivity contribution in [3.63, 3.8) is 0 Å². The maximum absolute atomic E-state index is 14.3. The minimum Gasteiger partial charge on any atom is -0.310 e. The molecule has 0 saturated carbocycles. The molecule has 25 heavy (non-hydrogen) atoms. The third-order valence-corrected chi connectivity index (χ3v) is 6.19. The quantitative estimate of drug-likeness (QED) is 0.587. The monoisotopic (exact) mass is 429 g/mol. The third-order valence-electron chi connectivity index (χ3n) is 3.88. The number of sulfonamides is 1. The summed E-state index contributed by atoms with van der Waals surface area (Å²) >= 11 is 17.1. The summed E-state index contributed by atoms with van der Waals surface area (Å²) in [6.45, 7) is 0.175. The van der Waals surface area contributed by atoms with Crippen LogP contribution in [-0.4, -0.2) is 48.4 Å². The number of benzene rings is 1. The van der Waals surface area contributed by atoms with Crippen LogP contribution < -0.4 is 9.62 Å². The van der Waals surface area contributed by atoms with Gasteiger partial charge in [-0.2, -0.15) is 0 Å². The largest absolute Gasteiger partial charge is 0.332 e. The highest BCUT2D eigenvalue weighted by Gasteiger charge is 2.51. The summed E-state index contributed by atoms with van der Waals surface area (Å²) in [6.07, 6.45) is 0.267. The summed E-state index contributed by atoms with van der Waals surface area (Å²) in [4.78, 5) is 26.8. The van der Waals surface area contributed by atoms with Gasteiger partial charge in [-0.3, -0.25) is 9.52 Å². The molecule has 0 spiro atoms. The summed E-state index contributed by atoms with van der Waals surface area (Å²) in [5, 5.41) is -1.33. The van der Waals surface area contributed by atoms with Crippen molar-refractivity contribution in [3.05, 3.63) is 23.0 Å². The van der Waals surface area contributed by atoms with Gasteiger partial charge in [0.05, 0.1) is 21.8 Å². The fraction of sp³-hybridized carbons (Fsp3) is 0.385. The van der Waals surface area contributed by atoms with E-state index < -0.39 is 44.7 Å². The van der Waals surface area contributed by atoms with Crippen LogP contribution in [0, 0.1) is 5.82 Å². The van der Waals surface area contributed by atoms with Gasteiger partial charge in [-0.25, -0.2) is 22.5 Å². The van der Waals surface area contributed by atoms with E-state index in [0.717, 1.165) is 12.1 Å². The lowest BCUT2D eigenvalue weighted by Gasteiger charge is -2.18. The molecule has 1 N–H and O–H groups in total. The minimum atomic E-state index is -3.91. The Labute approximate surface area is 157 Å². The van der Waals surface area contributed by atoms with E-state index in [4.69, 9.17) is 34.8 Å². The lowest BCUT2D eigenvalue weighted by atomic mass is 10.2. The van der Waals surface area contributed by atoms with Gasteiger partial charge in [0.25, 0.3) is 5.91 Å². The Morgan fingerprint density at radius 2 is 2.00 bits per heavy atom. The Bertz CT molecular complexity index is 842. The van der Waals surface area contributed by atoms with Crippen LogP contribution in [0.4, 0.5) is 20.6 Å². The highest BCUT2D eigenvalue weighted by atomic mass is 35.5. The molecule has 0 bridgehead atoms. The molecule has 3 rings (SSSR count). The minimum absolute atomic E-state index is 0.175. The molecule has 0 unspecified atom stereocenters. The molecule has 1 aromatic rings. The van der Waals surface area contributed by atoms with Gasteiger partial charge in [0.2, 0.25) is 10.0 Å². The Kier molecular flexibility index (Phi) is 4.78. The number of rotatable bonds is 4. The van der Waals surface area contributed by atoms with Crippen LogP contribution in [0.5, 0.6) is 0 Å². The van der Waals surface area contributed by atoms with Crippen molar-refractivity contribution in [2.24, 2.45) is 0 Å². The van der Waals surface area contributed by atoms with Crippen LogP contribution >= 0.6 is 34.8 Å². The lowest BCUT2D eigenvalue weighted by Crippen LogP contribution is -2.35. The molecule has 7 nitrogen and oxygen atoms in total. The summed E-state index contributed by atoms with van der Waals surface area (Å²) in [7, 11) is -3.91. The number of imide groups is 1. The van der Waals surface area contributed by atoms with Crippen molar-refractivity contribution in [2.75, 3.05) is 21.4 Å². The van der Waals surface area contributed by atoms with E-state index in [-0.39, 0.29) is 29.1 Å². The second kappa shape index (κ2) is 6.46. The number of alkyl halides is 2. The average molecular weight is 431 g/mol. The standard InChI is InChI=1S/C13H11Cl3FN3O4S/c14-5-25(23,24)18-9-3-10(8(17)2-7(9)16)20-12(21)11-1-6(15)4-19(11)13(20)22/h2-3,6,11,18H,1,4-5H2/t6-,11+/m0/s1. The van der Waals surface area contributed by atoms with Gasteiger partial charge in [-0.1, -0.05) is 11.6 Å². The molecule has 1 aromatic carbocycles. The summed E-state index contributed by atoms with van der Waals surface area (Å²) in [5.74, 6) is -1.57. The number of nitrogens with zero attached hydrogens (tertiary/aromatic N) is 2. The molecule has 3 amide bonds. The first-order valence-corrected chi connectivity index (χ1v) is 9.99. The molecule has 2 heterocycles. The fourth-order valence-electron chi connectivity index (χ4n) is 2.81. The van der Waals surface area contributed by atoms with E-state index in [0.29, 0.717) is 4.90 Å². The number of amides is 3. The van der Waals surface area contributed by atoms with Crippen molar-refractivity contribution in [2.45, 2.75) is 17.8 Å². The predicted octanol–water partition coefficient (Wildman–Crippen LogP) is 2.57. The molecule has 2 fully saturated rings. The molecule has 2 saturated heterocycles. The Hall–Kier alpha value is -1.29. The number of carbonyl (C=O) groups excluding carboxylic acids is 2. The molecule has 0 aromatic heterocycles. The van der Waals surface area contributed by atoms with E-state index in [9.17, 15) is 22.4 Å². The fourth-order valence-corrected chi connectivity index (χ4v) is 4.10. The van der Waals surface area contributed by atoms with Gasteiger partial charge < -0.3 is 4.90 Å². The van der Waals surface area contributed by atoms with Crippen molar-refractivity contribution in [3.8, 4) is 0 Å². The summed E-state index contributed by atoms with van der Waals surface area (Å²) in [6, 6.07) is 0.327. The maximum atomic E-state index is 14.3. The second-order valence-electron chi connectivity index (χ2n) is 5.57. The number of carbonyl (C=O) groups is 2. The zero-order chi connectivity index (χ0) is 18.5. The molecular formula is C13H11Cl3FN3O4S. The number of fused-ring (bicyclic) bond motifs is 1. The van der Waals surface area contributed by atoms with E-state index in [1.807, 2.05) is 0 Å². The smallest absolute Gasteiger partial charge is 0.310 e. The Morgan fingerprint density at radius 1 is 1.32 bits per heavy atom. The van der Waals surface area contributed by atoms with Gasteiger partial charge in [0.1, 0.15) is 17.1 Å². The molecule has 2 aliphatic heterocycles. The van der Waals surface area contributed by atoms with Gasteiger partial charge >= 0.3 is 6.03 Å². The first-order valence-electron chi connectivity index (χ1n) is 6.98. The van der Waals surface area contributed by atoms with Crippen LogP contribution in [0.15, 0.2) is 12.1 Å². The maximum Gasteiger partial charge on any atom is 0.332 e. The summed E-state index contributed by atoms with van der Waals surface area (Å²) in [5.41, 5.74) is -0.589. The highest BCUT2D eigenvalue weighted by molar-refractivity contribution is 7.93. The first-order chi connectivity index (χ1) is 11.6. The average Bonchev–Trinajstić information content (AvgIpc) is 3.01. The number of halogens is 4. The molecular weight excluding hydrogens is 420 g/mol. The third kappa shape index (κ3) is 3.25. The normalized spacial score (nSPS) is 23.4. The van der Waals surface area contributed by atoms with Crippen LogP contribution in [0.2, 0.25) is 5.02 Å². The zero-order valence-corrected chi connectivity index (χ0v) is 15.5. The molecule has 12 heteroatoms. The molecule has 0 aliphatic carbocycles. The van der Waals surface area contributed by atoms with Crippen molar-refractivity contribution in [1.82, 2.24) is 4.90 Å². The first kappa shape index (κ1) is 18.5. The number of urea groups is 1. The highest BCUT2D eigenvalue weighted by Crippen LogP contribution is 2.37. The van der Waals surface area contributed by atoms with Gasteiger partial charge in [-0.15, -0.1) is 23.2 Å². The SMILES string of the molecule is O=C1[C@H]2C[C@H](Cl)CN2C(=O)N1c1cc(NS(=O)(=O)CCl)c(Cl)cc1F. The number of hydrogen-bond acceptors (Lipinski definition) is 4. The van der Waals surface area contributed by atoms with Crippen LogP contribution in [-0.2, 0) is 14.8 Å².